The second kappa shape index (κ2) is 5.71. The third kappa shape index (κ3) is 3.54. The minimum absolute atomic E-state index is 0.286. The van der Waals surface area contributed by atoms with E-state index in [1.807, 2.05) is 19.9 Å². The van der Waals surface area contributed by atoms with Crippen molar-refractivity contribution in [3.8, 4) is 0 Å². The summed E-state index contributed by atoms with van der Waals surface area (Å²) < 4.78 is 0. The molecule has 3 N–H and O–H groups in total. The van der Waals surface area contributed by atoms with Crippen molar-refractivity contribution in [3.05, 3.63) is 11.8 Å². The third-order valence-corrected chi connectivity index (χ3v) is 3.45. The van der Waals surface area contributed by atoms with Gasteiger partial charge >= 0.3 is 0 Å². The molecule has 1 fully saturated rings. The summed E-state index contributed by atoms with van der Waals surface area (Å²) in [6.45, 7) is 9.36. The van der Waals surface area contributed by atoms with E-state index in [1.165, 1.54) is 0 Å². The molecule has 0 aromatic carbocycles. The zero-order valence-electron chi connectivity index (χ0n) is 11.9. The Balaban J connectivity index is 2.05. The summed E-state index contributed by atoms with van der Waals surface area (Å²) in [6, 6.07) is 2.35. The standard InChI is InChI=1S/C13H23N5O/c1-9-6-12(16-13(14)15-9)18-5-4-17(8-11(3)19)10(2)7-18/h6,10-11,19H,4-5,7-8H2,1-3H3,(H2,14,15,16). The summed E-state index contributed by atoms with van der Waals surface area (Å²) in [5.41, 5.74) is 6.59. The molecule has 0 radical (unpaired) electrons. The first kappa shape index (κ1) is 14.0. The fraction of sp³-hybridized carbons (Fsp3) is 0.692. The average molecular weight is 265 g/mol. The van der Waals surface area contributed by atoms with Gasteiger partial charge in [0.15, 0.2) is 0 Å². The number of hydrogen-bond donors (Lipinski definition) is 2. The van der Waals surface area contributed by atoms with Gasteiger partial charge < -0.3 is 15.7 Å². The van der Waals surface area contributed by atoms with Gasteiger partial charge in [-0.15, -0.1) is 0 Å². The first-order valence-corrected chi connectivity index (χ1v) is 6.74. The highest BCUT2D eigenvalue weighted by atomic mass is 16.3. The number of aromatic nitrogens is 2. The van der Waals surface area contributed by atoms with Crippen LogP contribution in [0, 0.1) is 6.92 Å². The fourth-order valence-electron chi connectivity index (χ4n) is 2.55. The Bertz CT molecular complexity index is 417. The molecule has 1 aliphatic heterocycles. The molecule has 0 saturated carbocycles. The van der Waals surface area contributed by atoms with E-state index in [-0.39, 0.29) is 6.10 Å². The van der Waals surface area contributed by atoms with Gasteiger partial charge in [0.25, 0.3) is 0 Å². The van der Waals surface area contributed by atoms with Crippen LogP contribution in [0.2, 0.25) is 0 Å². The topological polar surface area (TPSA) is 78.5 Å². The van der Waals surface area contributed by atoms with E-state index < -0.39 is 0 Å². The van der Waals surface area contributed by atoms with Crippen molar-refractivity contribution >= 4 is 11.8 Å². The van der Waals surface area contributed by atoms with E-state index in [4.69, 9.17) is 5.73 Å². The molecular weight excluding hydrogens is 242 g/mol. The molecule has 1 aliphatic rings. The van der Waals surface area contributed by atoms with Crippen molar-refractivity contribution in [2.45, 2.75) is 32.9 Å². The maximum Gasteiger partial charge on any atom is 0.222 e. The average Bonchev–Trinajstić information content (AvgIpc) is 2.30. The lowest BCUT2D eigenvalue weighted by atomic mass is 10.1. The van der Waals surface area contributed by atoms with Crippen LogP contribution >= 0.6 is 0 Å². The summed E-state index contributed by atoms with van der Waals surface area (Å²) in [7, 11) is 0. The van der Waals surface area contributed by atoms with E-state index in [2.05, 4.69) is 26.7 Å². The van der Waals surface area contributed by atoms with Gasteiger partial charge in [-0.1, -0.05) is 0 Å². The summed E-state index contributed by atoms with van der Waals surface area (Å²) >= 11 is 0. The second-order valence-corrected chi connectivity index (χ2v) is 5.36. The van der Waals surface area contributed by atoms with Gasteiger partial charge in [-0.2, -0.15) is 4.98 Å². The summed E-state index contributed by atoms with van der Waals surface area (Å²) in [6.07, 6.45) is -0.286. The van der Waals surface area contributed by atoms with Crippen molar-refractivity contribution in [1.82, 2.24) is 14.9 Å². The molecular formula is C13H23N5O. The Morgan fingerprint density at radius 3 is 2.79 bits per heavy atom. The van der Waals surface area contributed by atoms with Gasteiger partial charge in [-0.25, -0.2) is 4.98 Å². The van der Waals surface area contributed by atoms with Crippen LogP contribution in [0.4, 0.5) is 11.8 Å². The predicted octanol–water partition coefficient (Wildman–Crippen LogP) is 0.259. The number of nitrogens with two attached hydrogens (primary N) is 1. The highest BCUT2D eigenvalue weighted by Gasteiger charge is 2.25. The van der Waals surface area contributed by atoms with Crippen LogP contribution in [-0.2, 0) is 0 Å². The first-order chi connectivity index (χ1) is 8.95. The van der Waals surface area contributed by atoms with Crippen LogP contribution in [0.3, 0.4) is 0 Å². The van der Waals surface area contributed by atoms with E-state index >= 15 is 0 Å². The molecule has 0 amide bonds. The molecule has 0 bridgehead atoms. The SMILES string of the molecule is Cc1cc(N2CCN(CC(C)O)C(C)C2)nc(N)n1. The lowest BCUT2D eigenvalue weighted by molar-refractivity contribution is 0.0959. The molecule has 0 aliphatic carbocycles. The minimum atomic E-state index is -0.286. The lowest BCUT2D eigenvalue weighted by Crippen LogP contribution is -2.53. The van der Waals surface area contributed by atoms with Crippen molar-refractivity contribution in [1.29, 1.82) is 0 Å². The predicted molar refractivity (Wildman–Crippen MR) is 76.1 cm³/mol. The summed E-state index contributed by atoms with van der Waals surface area (Å²) in [5, 5.41) is 9.49. The van der Waals surface area contributed by atoms with E-state index in [1.54, 1.807) is 0 Å². The molecule has 2 rings (SSSR count). The van der Waals surface area contributed by atoms with Crippen LogP contribution in [0.1, 0.15) is 19.5 Å². The van der Waals surface area contributed by atoms with Gasteiger partial charge in [0.05, 0.1) is 6.10 Å². The smallest absolute Gasteiger partial charge is 0.222 e. The molecule has 2 unspecified atom stereocenters. The van der Waals surface area contributed by atoms with Crippen molar-refractivity contribution in [3.63, 3.8) is 0 Å². The number of nitrogens with zero attached hydrogens (tertiary/aromatic N) is 4. The molecule has 1 aromatic heterocycles. The molecule has 2 atom stereocenters. The Hall–Kier alpha value is -1.40. The summed E-state index contributed by atoms with van der Waals surface area (Å²) in [4.78, 5) is 12.9. The van der Waals surface area contributed by atoms with Crippen LogP contribution in [0.5, 0.6) is 0 Å². The molecule has 19 heavy (non-hydrogen) atoms. The molecule has 1 aromatic rings. The van der Waals surface area contributed by atoms with Crippen LogP contribution in [0.15, 0.2) is 6.07 Å². The number of nitrogen functional groups attached to an aromatic ring is 1. The highest BCUT2D eigenvalue weighted by Crippen LogP contribution is 2.18. The normalized spacial score (nSPS) is 22.5. The third-order valence-electron chi connectivity index (χ3n) is 3.45. The Morgan fingerprint density at radius 1 is 1.47 bits per heavy atom. The van der Waals surface area contributed by atoms with E-state index in [9.17, 15) is 5.11 Å². The van der Waals surface area contributed by atoms with Gasteiger partial charge in [0.1, 0.15) is 5.82 Å². The number of aryl methyl sites for hydroxylation is 1. The van der Waals surface area contributed by atoms with Crippen molar-refractivity contribution < 1.29 is 5.11 Å². The van der Waals surface area contributed by atoms with Crippen LogP contribution in [0.25, 0.3) is 0 Å². The maximum atomic E-state index is 9.49. The lowest BCUT2D eigenvalue weighted by Gasteiger charge is -2.40. The molecule has 106 valence electrons. The minimum Gasteiger partial charge on any atom is -0.392 e. The van der Waals surface area contributed by atoms with Gasteiger partial charge in [-0.05, 0) is 20.8 Å². The quantitative estimate of drug-likeness (QED) is 0.816. The zero-order valence-corrected chi connectivity index (χ0v) is 11.9. The molecule has 6 nitrogen and oxygen atoms in total. The van der Waals surface area contributed by atoms with E-state index in [0.717, 1.165) is 37.7 Å². The number of aliphatic hydroxyl groups excluding tert-OH is 1. The monoisotopic (exact) mass is 265 g/mol. The van der Waals surface area contributed by atoms with Crippen LogP contribution in [-0.4, -0.2) is 58.3 Å². The zero-order chi connectivity index (χ0) is 14.0. The number of rotatable bonds is 3. The molecule has 6 heteroatoms. The van der Waals surface area contributed by atoms with Crippen LogP contribution < -0.4 is 10.6 Å². The molecule has 2 heterocycles. The Kier molecular flexibility index (Phi) is 4.21. The summed E-state index contributed by atoms with van der Waals surface area (Å²) in [5.74, 6) is 1.22. The number of aliphatic hydroxyl groups is 1. The molecule has 0 spiro atoms. The maximum absolute atomic E-state index is 9.49. The van der Waals surface area contributed by atoms with Gasteiger partial charge in [0.2, 0.25) is 5.95 Å². The van der Waals surface area contributed by atoms with Crippen molar-refractivity contribution in [2.24, 2.45) is 0 Å². The number of β-amino-alcohol motifs (C(OH)–C–C–N with tert-alkyl or cyclic N) is 1. The largest absolute Gasteiger partial charge is 0.392 e. The molecule has 1 saturated heterocycles. The highest BCUT2D eigenvalue weighted by molar-refractivity contribution is 5.44. The first-order valence-electron chi connectivity index (χ1n) is 6.74. The van der Waals surface area contributed by atoms with Gasteiger partial charge in [-0.3, -0.25) is 4.90 Å². The number of piperazine rings is 1. The van der Waals surface area contributed by atoms with Crippen molar-refractivity contribution in [2.75, 3.05) is 36.8 Å². The Morgan fingerprint density at radius 2 is 2.21 bits per heavy atom. The van der Waals surface area contributed by atoms with E-state index in [0.29, 0.717) is 12.0 Å². The number of anilines is 2. The fourth-order valence-corrected chi connectivity index (χ4v) is 2.55. The Labute approximate surface area is 114 Å². The van der Waals surface area contributed by atoms with Gasteiger partial charge in [0, 0.05) is 44.0 Å². The number of hydrogen-bond acceptors (Lipinski definition) is 6. The second-order valence-electron chi connectivity index (χ2n) is 5.36.